The van der Waals surface area contributed by atoms with Crippen LogP contribution >= 0.6 is 12.2 Å². The molecule has 5 heteroatoms. The van der Waals surface area contributed by atoms with E-state index in [1.54, 1.807) is 49.4 Å². The Morgan fingerprint density at radius 3 is 2.48 bits per heavy atom. The molecule has 0 aliphatic heterocycles. The van der Waals surface area contributed by atoms with Crippen molar-refractivity contribution in [1.82, 2.24) is 0 Å². The van der Waals surface area contributed by atoms with Crippen LogP contribution in [-0.4, -0.2) is 25.1 Å². The number of benzene rings is 2. The molecule has 0 atom stereocenters. The van der Waals surface area contributed by atoms with E-state index >= 15 is 0 Å². The molecule has 2 aromatic rings. The Hall–Kier alpha value is -2.40. The molecule has 0 saturated heterocycles. The van der Waals surface area contributed by atoms with Crippen LogP contribution in [-0.2, 0) is 0 Å². The Morgan fingerprint density at radius 1 is 1.14 bits per heavy atom. The Bertz CT molecular complexity index is 685. The van der Waals surface area contributed by atoms with Crippen LogP contribution in [0.3, 0.4) is 0 Å². The van der Waals surface area contributed by atoms with Gasteiger partial charge in [0.1, 0.15) is 10.7 Å². The van der Waals surface area contributed by atoms with E-state index in [1.807, 2.05) is 18.2 Å². The van der Waals surface area contributed by atoms with Gasteiger partial charge in [-0.2, -0.15) is 0 Å². The van der Waals surface area contributed by atoms with Crippen LogP contribution in [0.1, 0.15) is 15.9 Å². The van der Waals surface area contributed by atoms with Gasteiger partial charge in [0.05, 0.1) is 7.11 Å². The van der Waals surface area contributed by atoms with E-state index in [0.717, 1.165) is 5.69 Å². The maximum atomic E-state index is 12.5. The lowest BCUT2D eigenvalue weighted by atomic mass is 10.1. The molecule has 4 nitrogen and oxygen atoms in total. The first-order chi connectivity index (χ1) is 10.0. The first kappa shape index (κ1) is 15.0. The molecule has 0 radical (unpaired) electrons. The van der Waals surface area contributed by atoms with Crippen molar-refractivity contribution in [3.63, 3.8) is 0 Å². The molecule has 2 aromatic carbocycles. The van der Waals surface area contributed by atoms with E-state index in [0.29, 0.717) is 16.9 Å². The van der Waals surface area contributed by atoms with Gasteiger partial charge in [-0.05, 0) is 24.3 Å². The largest absolute Gasteiger partial charge is 0.497 e. The zero-order valence-corrected chi connectivity index (χ0v) is 12.7. The van der Waals surface area contributed by atoms with Crippen LogP contribution in [0.4, 0.5) is 5.69 Å². The van der Waals surface area contributed by atoms with Gasteiger partial charge in [-0.15, -0.1) is 0 Å². The number of thiocarbonyl (C=S) groups is 1. The van der Waals surface area contributed by atoms with E-state index in [-0.39, 0.29) is 10.9 Å². The lowest BCUT2D eigenvalue weighted by Gasteiger charge is -2.18. The standard InChI is InChI=1S/C16H16N2O2S/c1-18(13-7-4-8-14(10-13)20-2)16(19)12-6-3-5-11(9-12)15(17)21/h3-10H,1-2H3,(H2,17,21). The summed E-state index contributed by atoms with van der Waals surface area (Å²) in [5.41, 5.74) is 7.56. The normalized spacial score (nSPS) is 10.0. The predicted molar refractivity (Wildman–Crippen MR) is 88.1 cm³/mol. The summed E-state index contributed by atoms with van der Waals surface area (Å²) in [5.74, 6) is 0.561. The lowest BCUT2D eigenvalue weighted by Crippen LogP contribution is -2.26. The third kappa shape index (κ3) is 3.38. The molecular formula is C16H16N2O2S. The van der Waals surface area contributed by atoms with E-state index in [4.69, 9.17) is 22.7 Å². The summed E-state index contributed by atoms with van der Waals surface area (Å²) in [5, 5.41) is 0. The number of ether oxygens (including phenoxy) is 1. The monoisotopic (exact) mass is 300 g/mol. The Balaban J connectivity index is 2.30. The van der Waals surface area contributed by atoms with Crippen molar-refractivity contribution in [2.24, 2.45) is 5.73 Å². The fourth-order valence-corrected chi connectivity index (χ4v) is 2.06. The lowest BCUT2D eigenvalue weighted by molar-refractivity contribution is 0.0993. The van der Waals surface area contributed by atoms with Crippen molar-refractivity contribution in [3.8, 4) is 5.75 Å². The van der Waals surface area contributed by atoms with Crippen LogP contribution in [0.25, 0.3) is 0 Å². The summed E-state index contributed by atoms with van der Waals surface area (Å²) in [6.45, 7) is 0. The van der Waals surface area contributed by atoms with Crippen molar-refractivity contribution in [1.29, 1.82) is 0 Å². The van der Waals surface area contributed by atoms with E-state index in [1.165, 1.54) is 0 Å². The fourth-order valence-electron chi connectivity index (χ4n) is 1.94. The van der Waals surface area contributed by atoms with Gasteiger partial charge in [0.15, 0.2) is 0 Å². The molecule has 108 valence electrons. The number of nitrogens with two attached hydrogens (primary N) is 1. The summed E-state index contributed by atoms with van der Waals surface area (Å²) in [6, 6.07) is 14.3. The van der Waals surface area contributed by atoms with Crippen molar-refractivity contribution in [2.45, 2.75) is 0 Å². The molecule has 0 fully saturated rings. The quantitative estimate of drug-likeness (QED) is 0.882. The predicted octanol–water partition coefficient (Wildman–Crippen LogP) is 2.61. The zero-order valence-electron chi connectivity index (χ0n) is 11.9. The van der Waals surface area contributed by atoms with Gasteiger partial charge in [-0.3, -0.25) is 4.79 Å². The molecule has 0 spiro atoms. The minimum absolute atomic E-state index is 0.138. The molecule has 2 rings (SSSR count). The first-order valence-electron chi connectivity index (χ1n) is 6.35. The number of anilines is 1. The van der Waals surface area contributed by atoms with Crippen molar-refractivity contribution < 1.29 is 9.53 Å². The average Bonchev–Trinajstić information content (AvgIpc) is 2.53. The highest BCUT2D eigenvalue weighted by molar-refractivity contribution is 7.80. The van der Waals surface area contributed by atoms with Crippen LogP contribution < -0.4 is 15.4 Å². The number of nitrogens with zero attached hydrogens (tertiary/aromatic N) is 1. The van der Waals surface area contributed by atoms with Crippen molar-refractivity contribution >= 4 is 28.8 Å². The number of hydrogen-bond donors (Lipinski definition) is 1. The van der Waals surface area contributed by atoms with Gasteiger partial charge in [-0.25, -0.2) is 0 Å². The smallest absolute Gasteiger partial charge is 0.258 e. The van der Waals surface area contributed by atoms with Crippen LogP contribution in [0.2, 0.25) is 0 Å². The molecule has 0 saturated carbocycles. The second-order valence-corrected chi connectivity index (χ2v) is 4.95. The van der Waals surface area contributed by atoms with Gasteiger partial charge in [0.2, 0.25) is 0 Å². The summed E-state index contributed by atoms with van der Waals surface area (Å²) >= 11 is 4.94. The van der Waals surface area contributed by atoms with Gasteiger partial charge in [0, 0.05) is 29.9 Å². The highest BCUT2D eigenvalue weighted by Gasteiger charge is 2.14. The molecule has 0 bridgehead atoms. The maximum absolute atomic E-state index is 12.5. The van der Waals surface area contributed by atoms with E-state index in [2.05, 4.69) is 0 Å². The summed E-state index contributed by atoms with van der Waals surface area (Å²) in [6.07, 6.45) is 0. The number of rotatable bonds is 4. The van der Waals surface area contributed by atoms with Crippen LogP contribution in [0, 0.1) is 0 Å². The van der Waals surface area contributed by atoms with Gasteiger partial charge in [0.25, 0.3) is 5.91 Å². The maximum Gasteiger partial charge on any atom is 0.258 e. The third-order valence-corrected chi connectivity index (χ3v) is 3.37. The molecule has 21 heavy (non-hydrogen) atoms. The van der Waals surface area contributed by atoms with E-state index in [9.17, 15) is 4.79 Å². The molecule has 0 aromatic heterocycles. The molecule has 1 amide bonds. The molecule has 0 heterocycles. The molecular weight excluding hydrogens is 284 g/mol. The topological polar surface area (TPSA) is 55.6 Å². The van der Waals surface area contributed by atoms with Gasteiger partial charge < -0.3 is 15.4 Å². The zero-order chi connectivity index (χ0) is 15.4. The third-order valence-electron chi connectivity index (χ3n) is 3.14. The Kier molecular flexibility index (Phi) is 4.55. The highest BCUT2D eigenvalue weighted by Crippen LogP contribution is 2.21. The van der Waals surface area contributed by atoms with Crippen LogP contribution in [0.15, 0.2) is 48.5 Å². The second kappa shape index (κ2) is 6.37. The summed E-state index contributed by atoms with van der Waals surface area (Å²) < 4.78 is 5.17. The number of methoxy groups -OCH3 is 1. The Morgan fingerprint density at radius 2 is 1.81 bits per heavy atom. The second-order valence-electron chi connectivity index (χ2n) is 4.51. The number of amides is 1. The number of carbonyl (C=O) groups excluding carboxylic acids is 1. The Labute approximate surface area is 129 Å². The summed E-state index contributed by atoms with van der Waals surface area (Å²) in [7, 11) is 3.30. The molecule has 0 aliphatic carbocycles. The first-order valence-corrected chi connectivity index (χ1v) is 6.75. The highest BCUT2D eigenvalue weighted by atomic mass is 32.1. The molecule has 2 N–H and O–H groups in total. The van der Waals surface area contributed by atoms with Crippen LogP contribution in [0.5, 0.6) is 5.75 Å². The minimum atomic E-state index is -0.138. The fraction of sp³-hybridized carbons (Fsp3) is 0.125. The van der Waals surface area contributed by atoms with Gasteiger partial charge >= 0.3 is 0 Å². The summed E-state index contributed by atoms with van der Waals surface area (Å²) in [4.78, 5) is 14.3. The molecule has 0 aliphatic rings. The number of carbonyl (C=O) groups is 1. The van der Waals surface area contributed by atoms with E-state index < -0.39 is 0 Å². The van der Waals surface area contributed by atoms with Crippen molar-refractivity contribution in [3.05, 3.63) is 59.7 Å². The van der Waals surface area contributed by atoms with Crippen molar-refractivity contribution in [2.75, 3.05) is 19.1 Å². The SMILES string of the molecule is COc1cccc(N(C)C(=O)c2cccc(C(N)=S)c2)c1. The average molecular weight is 300 g/mol. The van der Waals surface area contributed by atoms with Gasteiger partial charge in [-0.1, -0.05) is 30.4 Å². The minimum Gasteiger partial charge on any atom is -0.497 e. The molecule has 0 unspecified atom stereocenters. The number of hydrogen-bond acceptors (Lipinski definition) is 3.